The van der Waals surface area contributed by atoms with E-state index in [9.17, 15) is 9.59 Å². The molecular formula is C33H50O5. The van der Waals surface area contributed by atoms with Crippen LogP contribution >= 0.6 is 0 Å². The summed E-state index contributed by atoms with van der Waals surface area (Å²) < 4.78 is 17.9. The van der Waals surface area contributed by atoms with Gasteiger partial charge in [0.25, 0.3) is 0 Å². The third-order valence-electron chi connectivity index (χ3n) is 11.5. The summed E-state index contributed by atoms with van der Waals surface area (Å²) in [5.74, 6) is 4.11. The first-order valence-electron chi connectivity index (χ1n) is 15.5. The summed E-state index contributed by atoms with van der Waals surface area (Å²) in [5.41, 5.74) is 3.63. The van der Waals surface area contributed by atoms with Crippen LogP contribution < -0.4 is 0 Å². The Morgan fingerprint density at radius 2 is 1.87 bits per heavy atom. The molecule has 1 aliphatic heterocycles. The van der Waals surface area contributed by atoms with Crippen molar-refractivity contribution in [2.75, 3.05) is 6.61 Å². The van der Waals surface area contributed by atoms with Gasteiger partial charge in [-0.05, 0) is 91.9 Å². The standard InChI is InChI=1S/C33H50O5/c1-7-29(34)36-19-20(3)9-12-27-21(4)31-28(38-27)18-26-24-11-10-22-17-23(37-30(35)8-2)13-15-32(22,5)25(24)14-16-33(26,31)6/h10,20,23-26,28,31H,7-9,11-19H2,1-6H3/t20-,23+,24-,25+,26+,28+,31+,32+,33+/m1/s1. The van der Waals surface area contributed by atoms with E-state index in [1.54, 1.807) is 5.57 Å². The van der Waals surface area contributed by atoms with E-state index < -0.39 is 0 Å². The van der Waals surface area contributed by atoms with Crippen LogP contribution in [-0.4, -0.2) is 30.8 Å². The SMILES string of the molecule is CCC(=O)OC[C@H](C)CCC1=C(C)[C@H]2[C@H](C[C@H]3[C@@H]4CC=C5C[C@@H](OC(=O)CC)CC[C@]5(C)[C@H]4CC[C@@]32C)O1. The Hall–Kier alpha value is -1.78. The molecule has 5 aliphatic rings. The molecule has 0 saturated heterocycles. The van der Waals surface area contributed by atoms with Gasteiger partial charge in [-0.1, -0.05) is 46.3 Å². The van der Waals surface area contributed by atoms with Crippen molar-refractivity contribution >= 4 is 11.9 Å². The van der Waals surface area contributed by atoms with Gasteiger partial charge >= 0.3 is 11.9 Å². The van der Waals surface area contributed by atoms with Gasteiger partial charge in [0.05, 0.1) is 12.4 Å². The molecule has 0 aromatic carbocycles. The average Bonchev–Trinajstić information content (AvgIpc) is 3.38. The van der Waals surface area contributed by atoms with Gasteiger partial charge in [0.2, 0.25) is 0 Å². The Balaban J connectivity index is 1.26. The number of fused-ring (bicyclic) bond motifs is 7. The first-order valence-corrected chi connectivity index (χ1v) is 15.5. The minimum absolute atomic E-state index is 0.0593. The molecular weight excluding hydrogens is 476 g/mol. The summed E-state index contributed by atoms with van der Waals surface area (Å²) in [6, 6.07) is 0. The van der Waals surface area contributed by atoms with Crippen LogP contribution in [0.5, 0.6) is 0 Å². The van der Waals surface area contributed by atoms with E-state index in [4.69, 9.17) is 14.2 Å². The summed E-state index contributed by atoms with van der Waals surface area (Å²) in [6.45, 7) is 13.8. The highest BCUT2D eigenvalue weighted by atomic mass is 16.5. The molecule has 5 rings (SSSR count). The highest BCUT2D eigenvalue weighted by molar-refractivity contribution is 5.69. The van der Waals surface area contributed by atoms with Gasteiger partial charge in [-0.2, -0.15) is 0 Å². The highest BCUT2D eigenvalue weighted by Crippen LogP contribution is 2.69. The molecule has 0 N–H and O–H groups in total. The van der Waals surface area contributed by atoms with Gasteiger partial charge in [0.15, 0.2) is 0 Å². The van der Waals surface area contributed by atoms with Crippen molar-refractivity contribution in [3.63, 3.8) is 0 Å². The maximum Gasteiger partial charge on any atom is 0.305 e. The fourth-order valence-corrected chi connectivity index (χ4v) is 9.38. The van der Waals surface area contributed by atoms with Crippen LogP contribution in [-0.2, 0) is 23.8 Å². The van der Waals surface area contributed by atoms with Crippen molar-refractivity contribution in [3.8, 4) is 0 Å². The maximum absolute atomic E-state index is 11.9. The molecule has 9 atom stereocenters. The fraction of sp³-hybridized carbons (Fsp3) is 0.818. The molecule has 3 saturated carbocycles. The topological polar surface area (TPSA) is 61.8 Å². The van der Waals surface area contributed by atoms with Crippen molar-refractivity contribution in [3.05, 3.63) is 23.0 Å². The van der Waals surface area contributed by atoms with Gasteiger partial charge in [0, 0.05) is 31.6 Å². The van der Waals surface area contributed by atoms with E-state index >= 15 is 0 Å². The molecule has 0 bridgehead atoms. The highest BCUT2D eigenvalue weighted by Gasteiger charge is 2.63. The summed E-state index contributed by atoms with van der Waals surface area (Å²) in [4.78, 5) is 23.4. The normalized spacial score (nSPS) is 40.2. The van der Waals surface area contributed by atoms with E-state index in [1.165, 1.54) is 37.0 Å². The van der Waals surface area contributed by atoms with E-state index in [0.29, 0.717) is 48.7 Å². The van der Waals surface area contributed by atoms with Crippen LogP contribution in [0.25, 0.3) is 0 Å². The quantitative estimate of drug-likeness (QED) is 0.241. The molecule has 0 aromatic rings. The number of rotatable bonds is 8. The Labute approximate surface area is 230 Å². The molecule has 5 heteroatoms. The van der Waals surface area contributed by atoms with Gasteiger partial charge in [-0.15, -0.1) is 0 Å². The summed E-state index contributed by atoms with van der Waals surface area (Å²) in [5, 5.41) is 0. The second-order valence-electron chi connectivity index (χ2n) is 13.7. The van der Waals surface area contributed by atoms with Gasteiger partial charge < -0.3 is 14.2 Å². The van der Waals surface area contributed by atoms with Gasteiger partial charge in [-0.3, -0.25) is 9.59 Å². The van der Waals surface area contributed by atoms with Crippen LogP contribution in [0.3, 0.4) is 0 Å². The molecule has 5 nitrogen and oxygen atoms in total. The Morgan fingerprint density at radius 3 is 2.61 bits per heavy atom. The van der Waals surface area contributed by atoms with E-state index in [0.717, 1.165) is 43.9 Å². The largest absolute Gasteiger partial charge is 0.494 e. The Bertz CT molecular complexity index is 995. The lowest BCUT2D eigenvalue weighted by atomic mass is 9.47. The zero-order valence-electron chi connectivity index (χ0n) is 24.6. The number of hydrogen-bond acceptors (Lipinski definition) is 5. The number of carbonyl (C=O) groups excluding carboxylic acids is 2. The van der Waals surface area contributed by atoms with E-state index in [1.807, 2.05) is 13.8 Å². The van der Waals surface area contributed by atoms with Crippen LogP contribution in [0.1, 0.15) is 112 Å². The molecule has 0 aromatic heterocycles. The summed E-state index contributed by atoms with van der Waals surface area (Å²) in [6.07, 6.45) is 13.8. The molecule has 4 aliphatic carbocycles. The fourth-order valence-electron chi connectivity index (χ4n) is 9.38. The molecule has 212 valence electrons. The molecule has 0 spiro atoms. The number of ether oxygens (including phenoxy) is 3. The third-order valence-corrected chi connectivity index (χ3v) is 11.5. The molecule has 0 radical (unpaired) electrons. The van der Waals surface area contributed by atoms with E-state index in [2.05, 4.69) is 33.8 Å². The Kier molecular flexibility index (Phi) is 7.79. The lowest BCUT2D eigenvalue weighted by Gasteiger charge is -2.58. The summed E-state index contributed by atoms with van der Waals surface area (Å²) >= 11 is 0. The molecule has 0 amide bonds. The second-order valence-corrected chi connectivity index (χ2v) is 13.7. The lowest BCUT2D eigenvalue weighted by Crippen LogP contribution is -2.50. The van der Waals surface area contributed by atoms with Crippen LogP contribution in [0, 0.1) is 40.4 Å². The number of esters is 2. The van der Waals surface area contributed by atoms with Gasteiger partial charge in [-0.25, -0.2) is 0 Å². The first-order chi connectivity index (χ1) is 18.1. The zero-order valence-corrected chi connectivity index (χ0v) is 24.6. The minimum atomic E-state index is -0.111. The second kappa shape index (κ2) is 10.7. The number of allylic oxidation sites excluding steroid dienone is 2. The predicted molar refractivity (Wildman–Crippen MR) is 148 cm³/mol. The molecule has 38 heavy (non-hydrogen) atoms. The minimum Gasteiger partial charge on any atom is -0.494 e. The van der Waals surface area contributed by atoms with E-state index in [-0.39, 0.29) is 23.5 Å². The number of hydrogen-bond donors (Lipinski definition) is 0. The van der Waals surface area contributed by atoms with Gasteiger partial charge in [0.1, 0.15) is 12.2 Å². The van der Waals surface area contributed by atoms with Crippen LogP contribution in [0.15, 0.2) is 23.0 Å². The molecule has 1 heterocycles. The van der Waals surface area contributed by atoms with Crippen LogP contribution in [0.2, 0.25) is 0 Å². The smallest absolute Gasteiger partial charge is 0.305 e. The van der Waals surface area contributed by atoms with Crippen molar-refractivity contribution in [2.45, 2.75) is 124 Å². The first kappa shape index (κ1) is 27.8. The monoisotopic (exact) mass is 526 g/mol. The maximum atomic E-state index is 11.9. The Morgan fingerprint density at radius 1 is 1.11 bits per heavy atom. The predicted octanol–water partition coefficient (Wildman–Crippen LogP) is 7.54. The van der Waals surface area contributed by atoms with Crippen molar-refractivity contribution in [1.82, 2.24) is 0 Å². The number of carbonyl (C=O) groups is 2. The van der Waals surface area contributed by atoms with Crippen molar-refractivity contribution < 1.29 is 23.8 Å². The zero-order chi connectivity index (χ0) is 27.2. The average molecular weight is 527 g/mol. The molecule has 0 unspecified atom stereocenters. The van der Waals surface area contributed by atoms with Crippen molar-refractivity contribution in [2.24, 2.45) is 40.4 Å². The molecule has 3 fully saturated rings. The van der Waals surface area contributed by atoms with Crippen LogP contribution in [0.4, 0.5) is 0 Å². The third kappa shape index (κ3) is 4.74. The summed E-state index contributed by atoms with van der Waals surface area (Å²) in [7, 11) is 0. The lowest BCUT2D eigenvalue weighted by molar-refractivity contribution is -0.151. The van der Waals surface area contributed by atoms with Crippen molar-refractivity contribution in [1.29, 1.82) is 0 Å².